The zero-order chi connectivity index (χ0) is 14.8. The van der Waals surface area contributed by atoms with Crippen LogP contribution in [0.3, 0.4) is 0 Å². The van der Waals surface area contributed by atoms with Crippen molar-refractivity contribution in [2.45, 2.75) is 12.5 Å². The number of rotatable bonds is 3. The minimum Gasteiger partial charge on any atom is -0.386 e. The maximum atomic E-state index is 13.6. The van der Waals surface area contributed by atoms with Crippen molar-refractivity contribution in [2.75, 3.05) is 0 Å². The summed E-state index contributed by atoms with van der Waals surface area (Å²) in [5, 5.41) is 10.2. The van der Waals surface area contributed by atoms with E-state index < -0.39 is 17.7 Å². The summed E-state index contributed by atoms with van der Waals surface area (Å²) in [5.41, 5.74) is 1.98. The van der Waals surface area contributed by atoms with E-state index in [0.717, 1.165) is 17.6 Å². The first kappa shape index (κ1) is 13.6. The van der Waals surface area contributed by atoms with Crippen LogP contribution < -0.4 is 0 Å². The molecule has 0 saturated carbocycles. The molecule has 0 aliphatic heterocycles. The number of benzene rings is 2. The van der Waals surface area contributed by atoms with Crippen LogP contribution in [0.2, 0.25) is 0 Å². The van der Waals surface area contributed by atoms with Gasteiger partial charge in [0.2, 0.25) is 0 Å². The molecular weight excluding hydrogens is 274 g/mol. The SMILES string of the molecule is OC(Cc1ccc(F)cc1F)c1cnc2ccccc2n1. The first-order chi connectivity index (χ1) is 10.1. The van der Waals surface area contributed by atoms with Gasteiger partial charge in [0.05, 0.1) is 22.9 Å². The fourth-order valence-corrected chi connectivity index (χ4v) is 2.13. The summed E-state index contributed by atoms with van der Waals surface area (Å²) in [4.78, 5) is 8.51. The van der Waals surface area contributed by atoms with E-state index in [1.54, 1.807) is 6.07 Å². The van der Waals surface area contributed by atoms with E-state index in [2.05, 4.69) is 9.97 Å². The molecule has 0 fully saturated rings. The van der Waals surface area contributed by atoms with E-state index in [1.165, 1.54) is 12.3 Å². The Kier molecular flexibility index (Phi) is 3.58. The summed E-state index contributed by atoms with van der Waals surface area (Å²) in [5.74, 6) is -1.32. The molecule has 0 aliphatic carbocycles. The highest BCUT2D eigenvalue weighted by Crippen LogP contribution is 2.20. The van der Waals surface area contributed by atoms with Gasteiger partial charge in [0.25, 0.3) is 0 Å². The third-order valence-corrected chi connectivity index (χ3v) is 3.24. The Morgan fingerprint density at radius 2 is 1.81 bits per heavy atom. The molecule has 3 rings (SSSR count). The molecule has 0 amide bonds. The van der Waals surface area contributed by atoms with Crippen LogP contribution in [0.4, 0.5) is 8.78 Å². The number of hydrogen-bond acceptors (Lipinski definition) is 3. The van der Waals surface area contributed by atoms with Crippen LogP contribution >= 0.6 is 0 Å². The molecule has 1 heterocycles. The topological polar surface area (TPSA) is 46.0 Å². The summed E-state index contributed by atoms with van der Waals surface area (Å²) >= 11 is 0. The van der Waals surface area contributed by atoms with Gasteiger partial charge in [-0.3, -0.25) is 4.98 Å². The molecule has 0 spiro atoms. The molecule has 106 valence electrons. The highest BCUT2D eigenvalue weighted by atomic mass is 19.1. The lowest BCUT2D eigenvalue weighted by Crippen LogP contribution is -2.06. The Morgan fingerprint density at radius 1 is 1.05 bits per heavy atom. The van der Waals surface area contributed by atoms with E-state index in [9.17, 15) is 13.9 Å². The van der Waals surface area contributed by atoms with Gasteiger partial charge in [-0.1, -0.05) is 18.2 Å². The van der Waals surface area contributed by atoms with Crippen molar-refractivity contribution in [3.8, 4) is 0 Å². The maximum absolute atomic E-state index is 13.6. The molecule has 0 aliphatic rings. The van der Waals surface area contributed by atoms with E-state index in [1.807, 2.05) is 18.2 Å². The predicted molar refractivity (Wildman–Crippen MR) is 74.6 cm³/mol. The Balaban J connectivity index is 1.87. The number of aliphatic hydroxyl groups excluding tert-OH is 1. The van der Waals surface area contributed by atoms with Crippen molar-refractivity contribution >= 4 is 11.0 Å². The Labute approximate surface area is 119 Å². The quantitative estimate of drug-likeness (QED) is 0.804. The van der Waals surface area contributed by atoms with Crippen molar-refractivity contribution in [1.82, 2.24) is 9.97 Å². The molecule has 0 bridgehead atoms. The summed E-state index contributed by atoms with van der Waals surface area (Å²) in [7, 11) is 0. The molecule has 0 radical (unpaired) electrons. The average Bonchev–Trinajstić information content (AvgIpc) is 2.49. The second-order valence-electron chi connectivity index (χ2n) is 4.74. The van der Waals surface area contributed by atoms with Gasteiger partial charge in [0.1, 0.15) is 17.7 Å². The van der Waals surface area contributed by atoms with E-state index in [-0.39, 0.29) is 12.0 Å². The van der Waals surface area contributed by atoms with Gasteiger partial charge in [-0.25, -0.2) is 13.8 Å². The molecule has 0 saturated heterocycles. The molecule has 2 aromatic carbocycles. The molecule has 5 heteroatoms. The number of nitrogens with zero attached hydrogens (tertiary/aromatic N) is 2. The summed E-state index contributed by atoms with van der Waals surface area (Å²) < 4.78 is 26.4. The van der Waals surface area contributed by atoms with Gasteiger partial charge >= 0.3 is 0 Å². The Hall–Kier alpha value is -2.40. The van der Waals surface area contributed by atoms with Crippen LogP contribution in [0.1, 0.15) is 17.4 Å². The fraction of sp³-hybridized carbons (Fsp3) is 0.125. The van der Waals surface area contributed by atoms with Crippen molar-refractivity contribution in [3.63, 3.8) is 0 Å². The zero-order valence-electron chi connectivity index (χ0n) is 11.0. The Bertz CT molecular complexity index is 792. The van der Waals surface area contributed by atoms with Crippen molar-refractivity contribution < 1.29 is 13.9 Å². The van der Waals surface area contributed by atoms with Gasteiger partial charge in [-0.15, -0.1) is 0 Å². The standard InChI is InChI=1S/C16H12F2N2O/c17-11-6-5-10(12(18)8-11)7-16(21)15-9-19-13-3-1-2-4-14(13)20-15/h1-6,8-9,16,21H,7H2. The predicted octanol–water partition coefficient (Wildman–Crippen LogP) is 3.18. The van der Waals surface area contributed by atoms with Crippen LogP contribution in [0.5, 0.6) is 0 Å². The zero-order valence-corrected chi connectivity index (χ0v) is 11.0. The molecule has 1 aromatic heterocycles. The minimum atomic E-state index is -0.998. The van der Waals surface area contributed by atoms with Crippen LogP contribution in [0.25, 0.3) is 11.0 Å². The molecular formula is C16H12F2N2O. The number of aromatic nitrogens is 2. The van der Waals surface area contributed by atoms with Gasteiger partial charge in [0, 0.05) is 12.5 Å². The highest BCUT2D eigenvalue weighted by Gasteiger charge is 2.14. The van der Waals surface area contributed by atoms with E-state index >= 15 is 0 Å². The van der Waals surface area contributed by atoms with Gasteiger partial charge in [0.15, 0.2) is 0 Å². The van der Waals surface area contributed by atoms with E-state index in [4.69, 9.17) is 0 Å². The molecule has 3 aromatic rings. The van der Waals surface area contributed by atoms with Crippen LogP contribution in [0, 0.1) is 11.6 Å². The molecule has 1 N–H and O–H groups in total. The first-order valence-electron chi connectivity index (χ1n) is 6.47. The normalized spacial score (nSPS) is 12.5. The Morgan fingerprint density at radius 3 is 2.57 bits per heavy atom. The molecule has 1 unspecified atom stereocenters. The largest absolute Gasteiger partial charge is 0.386 e. The number of halogens is 2. The van der Waals surface area contributed by atoms with E-state index in [0.29, 0.717) is 11.2 Å². The lowest BCUT2D eigenvalue weighted by Gasteiger charge is -2.11. The molecule has 1 atom stereocenters. The smallest absolute Gasteiger partial charge is 0.129 e. The first-order valence-corrected chi connectivity index (χ1v) is 6.47. The summed E-state index contributed by atoms with van der Waals surface area (Å²) in [6.07, 6.45) is 0.482. The fourth-order valence-electron chi connectivity index (χ4n) is 2.13. The highest BCUT2D eigenvalue weighted by molar-refractivity contribution is 5.73. The monoisotopic (exact) mass is 286 g/mol. The number of hydrogen-bond donors (Lipinski definition) is 1. The molecule has 3 nitrogen and oxygen atoms in total. The van der Waals surface area contributed by atoms with Gasteiger partial charge in [-0.05, 0) is 23.8 Å². The van der Waals surface area contributed by atoms with Crippen LogP contribution in [-0.2, 0) is 6.42 Å². The van der Waals surface area contributed by atoms with Crippen molar-refractivity contribution in [3.05, 3.63) is 71.6 Å². The second-order valence-corrected chi connectivity index (χ2v) is 4.74. The number of para-hydroxylation sites is 2. The minimum absolute atomic E-state index is 0.0130. The maximum Gasteiger partial charge on any atom is 0.129 e. The average molecular weight is 286 g/mol. The van der Waals surface area contributed by atoms with Gasteiger partial charge < -0.3 is 5.11 Å². The third kappa shape index (κ3) is 2.87. The summed E-state index contributed by atoms with van der Waals surface area (Å²) in [6, 6.07) is 10.6. The van der Waals surface area contributed by atoms with Gasteiger partial charge in [-0.2, -0.15) is 0 Å². The van der Waals surface area contributed by atoms with Crippen molar-refractivity contribution in [1.29, 1.82) is 0 Å². The third-order valence-electron chi connectivity index (χ3n) is 3.24. The lowest BCUT2D eigenvalue weighted by molar-refractivity contribution is 0.172. The van der Waals surface area contributed by atoms with Crippen molar-refractivity contribution in [2.24, 2.45) is 0 Å². The van der Waals surface area contributed by atoms with Crippen LogP contribution in [0.15, 0.2) is 48.7 Å². The van der Waals surface area contributed by atoms with Crippen LogP contribution in [-0.4, -0.2) is 15.1 Å². The number of aliphatic hydroxyl groups is 1. The second kappa shape index (κ2) is 5.54. The summed E-state index contributed by atoms with van der Waals surface area (Å²) in [6.45, 7) is 0. The lowest BCUT2D eigenvalue weighted by atomic mass is 10.1. The number of fused-ring (bicyclic) bond motifs is 1. The molecule has 21 heavy (non-hydrogen) atoms.